The Hall–Kier alpha value is -2.11. The first-order valence-electron chi connectivity index (χ1n) is 17.3. The molecule has 9 N–H and O–H groups in total. The van der Waals surface area contributed by atoms with Crippen LogP contribution in [0.2, 0.25) is 0 Å². The molecule has 3 rings (SSSR count). The molecule has 0 radical (unpaired) electrons. The Morgan fingerprint density at radius 3 is 1.84 bits per heavy atom. The van der Waals surface area contributed by atoms with Gasteiger partial charge in [0.1, 0.15) is 67.0 Å². The van der Waals surface area contributed by atoms with E-state index in [-0.39, 0.29) is 12.6 Å². The number of aliphatic hydroxyl groups is 7. The summed E-state index contributed by atoms with van der Waals surface area (Å²) < 4.78 is 39.9. The maximum atomic E-state index is 12.3. The summed E-state index contributed by atoms with van der Waals surface area (Å²) in [4.78, 5) is 35.5. The lowest BCUT2D eigenvalue weighted by Crippen LogP contribution is -2.69. The SMILES string of the molecule is COC(=O)CCCCCCCCO[C@@H]1O[C@H](CO[C@@H]2O[C@@H](C)[C@@H](O)[C@@H](O)[C@@H]2O)[C@@H](O[C@@H]2O[C@H](CO)[C@@H](O)[C@H](O)[C@H]2NC(C)=O)[C@H](O)[C@H]1NC(C)=O. The Bertz CT molecular complexity index is 1090. The lowest BCUT2D eigenvalue weighted by atomic mass is 9.94. The number of nitrogens with one attached hydrogen (secondary N) is 2. The van der Waals surface area contributed by atoms with E-state index in [1.807, 2.05) is 0 Å². The molecule has 19 heteroatoms. The number of esters is 1. The van der Waals surface area contributed by atoms with Crippen LogP contribution in [-0.4, -0.2) is 172 Å². The van der Waals surface area contributed by atoms with Crippen LogP contribution < -0.4 is 10.6 Å². The Kier molecular flexibility index (Phi) is 17.8. The van der Waals surface area contributed by atoms with Gasteiger partial charge in [0, 0.05) is 26.9 Å². The number of ether oxygens (including phenoxy) is 7. The van der Waals surface area contributed by atoms with Crippen LogP contribution in [-0.2, 0) is 47.5 Å². The number of carbonyl (C=O) groups is 3. The van der Waals surface area contributed by atoms with Crippen molar-refractivity contribution in [1.29, 1.82) is 0 Å². The van der Waals surface area contributed by atoms with E-state index in [0.717, 1.165) is 39.0 Å². The van der Waals surface area contributed by atoms with Gasteiger partial charge in [0.25, 0.3) is 0 Å². The second kappa shape index (κ2) is 21.0. The van der Waals surface area contributed by atoms with Crippen molar-refractivity contribution >= 4 is 17.8 Å². The van der Waals surface area contributed by atoms with Crippen molar-refractivity contribution < 1.29 is 83.3 Å². The third-order valence-corrected chi connectivity index (χ3v) is 9.10. The number of unbranched alkanes of at least 4 members (excludes halogenated alkanes) is 5. The van der Waals surface area contributed by atoms with Gasteiger partial charge in [-0.15, -0.1) is 0 Å². The van der Waals surface area contributed by atoms with Crippen molar-refractivity contribution in [2.24, 2.45) is 0 Å². The topological polar surface area (TPSA) is 281 Å². The zero-order valence-electron chi connectivity index (χ0n) is 29.4. The molecular formula is C32H56N2O17. The monoisotopic (exact) mass is 740 g/mol. The average Bonchev–Trinajstić information content (AvgIpc) is 3.09. The smallest absolute Gasteiger partial charge is 0.305 e. The quantitative estimate of drug-likeness (QED) is 0.0491. The number of hydrogen-bond donors (Lipinski definition) is 9. The maximum absolute atomic E-state index is 12.3. The molecule has 0 unspecified atom stereocenters. The zero-order valence-corrected chi connectivity index (χ0v) is 29.4. The number of amides is 2. The molecule has 3 aliphatic heterocycles. The second-order valence-corrected chi connectivity index (χ2v) is 13.1. The zero-order chi connectivity index (χ0) is 37.8. The molecule has 0 bridgehead atoms. The molecule has 0 spiro atoms. The van der Waals surface area contributed by atoms with Crippen LogP contribution in [0.15, 0.2) is 0 Å². The van der Waals surface area contributed by atoms with E-state index in [9.17, 15) is 50.1 Å². The fourth-order valence-corrected chi connectivity index (χ4v) is 6.22. The highest BCUT2D eigenvalue weighted by Crippen LogP contribution is 2.31. The molecule has 0 aromatic heterocycles. The van der Waals surface area contributed by atoms with E-state index in [2.05, 4.69) is 15.4 Å². The fourth-order valence-electron chi connectivity index (χ4n) is 6.22. The van der Waals surface area contributed by atoms with Gasteiger partial charge in [0.05, 0.1) is 26.4 Å². The van der Waals surface area contributed by atoms with E-state index in [1.54, 1.807) is 0 Å². The number of methoxy groups -OCH3 is 1. The van der Waals surface area contributed by atoms with Crippen LogP contribution in [0.3, 0.4) is 0 Å². The molecule has 0 aromatic rings. The van der Waals surface area contributed by atoms with E-state index in [0.29, 0.717) is 12.8 Å². The second-order valence-electron chi connectivity index (χ2n) is 13.1. The highest BCUT2D eigenvalue weighted by atomic mass is 16.7. The minimum absolute atomic E-state index is 0.166. The molecule has 0 aliphatic carbocycles. The normalized spacial score (nSPS) is 38.5. The lowest BCUT2D eigenvalue weighted by Gasteiger charge is -2.48. The van der Waals surface area contributed by atoms with Crippen molar-refractivity contribution in [3.63, 3.8) is 0 Å². The first-order valence-corrected chi connectivity index (χ1v) is 17.3. The Morgan fingerprint density at radius 1 is 0.647 bits per heavy atom. The Labute approximate surface area is 296 Å². The van der Waals surface area contributed by atoms with Crippen molar-refractivity contribution in [2.45, 2.75) is 158 Å². The van der Waals surface area contributed by atoms with Gasteiger partial charge in [0.2, 0.25) is 11.8 Å². The minimum atomic E-state index is -1.67. The van der Waals surface area contributed by atoms with E-state index in [1.165, 1.54) is 21.0 Å². The van der Waals surface area contributed by atoms with Gasteiger partial charge in [0.15, 0.2) is 18.9 Å². The van der Waals surface area contributed by atoms with Crippen molar-refractivity contribution in [3.05, 3.63) is 0 Å². The van der Waals surface area contributed by atoms with E-state index < -0.39 is 117 Å². The third-order valence-electron chi connectivity index (χ3n) is 9.10. The van der Waals surface area contributed by atoms with E-state index >= 15 is 0 Å². The van der Waals surface area contributed by atoms with Gasteiger partial charge in [-0.25, -0.2) is 0 Å². The first kappa shape index (κ1) is 43.3. The van der Waals surface area contributed by atoms with Crippen LogP contribution in [0.25, 0.3) is 0 Å². The molecule has 3 saturated heterocycles. The van der Waals surface area contributed by atoms with Crippen molar-refractivity contribution in [3.8, 4) is 0 Å². The number of aliphatic hydroxyl groups excluding tert-OH is 7. The van der Waals surface area contributed by atoms with Crippen LogP contribution in [0.5, 0.6) is 0 Å². The predicted octanol–water partition coefficient (Wildman–Crippen LogP) is -3.33. The summed E-state index contributed by atoms with van der Waals surface area (Å²) in [5, 5.41) is 78.7. The molecule has 3 heterocycles. The first-order chi connectivity index (χ1) is 24.2. The lowest BCUT2D eigenvalue weighted by molar-refractivity contribution is -0.344. The standard InChI is InChI=1S/C32H56N2O17/c1-15-23(39)27(43)28(44)32(48-15)47-14-19-29(51-31-21(33-16(2)36)25(41)24(40)18(13-35)49-31)26(42)22(34-17(3)37)30(50-19)46-12-10-8-6-5-7-9-11-20(38)45-4/h15,18-19,21-32,35,39-44H,5-14H2,1-4H3,(H,33,36)(H,34,37)/t15-,18+,19+,21+,22+,23+,24+,25+,26+,27+,28-,29+,30+,31-,32+/m0/s1. The largest absolute Gasteiger partial charge is 0.469 e. The molecule has 2 amide bonds. The van der Waals surface area contributed by atoms with Crippen LogP contribution in [0.1, 0.15) is 65.7 Å². The van der Waals surface area contributed by atoms with Gasteiger partial charge in [-0.1, -0.05) is 25.7 Å². The molecule has 3 aliphatic rings. The van der Waals surface area contributed by atoms with Crippen molar-refractivity contribution in [1.82, 2.24) is 10.6 Å². The fraction of sp³-hybridized carbons (Fsp3) is 0.906. The number of carbonyl (C=O) groups excluding carboxylic acids is 3. The minimum Gasteiger partial charge on any atom is -0.469 e. The number of hydrogen-bond acceptors (Lipinski definition) is 17. The van der Waals surface area contributed by atoms with E-state index in [4.69, 9.17) is 28.4 Å². The predicted molar refractivity (Wildman–Crippen MR) is 171 cm³/mol. The van der Waals surface area contributed by atoms with Gasteiger partial charge in [-0.2, -0.15) is 0 Å². The van der Waals surface area contributed by atoms with Gasteiger partial charge >= 0.3 is 5.97 Å². The highest BCUT2D eigenvalue weighted by molar-refractivity contribution is 5.73. The van der Waals surface area contributed by atoms with Crippen LogP contribution >= 0.6 is 0 Å². The van der Waals surface area contributed by atoms with Crippen molar-refractivity contribution in [2.75, 3.05) is 26.9 Å². The maximum Gasteiger partial charge on any atom is 0.305 e. The molecule has 0 saturated carbocycles. The van der Waals surface area contributed by atoms with Crippen LogP contribution in [0.4, 0.5) is 0 Å². The summed E-state index contributed by atoms with van der Waals surface area (Å²) in [6, 6.07) is -2.61. The van der Waals surface area contributed by atoms with Gasteiger partial charge in [-0.05, 0) is 19.8 Å². The Morgan fingerprint density at radius 2 is 1.24 bits per heavy atom. The Balaban J connectivity index is 1.78. The molecule has 19 nitrogen and oxygen atoms in total. The summed E-state index contributed by atoms with van der Waals surface area (Å²) in [5.41, 5.74) is 0. The summed E-state index contributed by atoms with van der Waals surface area (Å²) in [6.45, 7) is 2.79. The molecule has 15 atom stereocenters. The molecular weight excluding hydrogens is 684 g/mol. The number of rotatable bonds is 18. The molecule has 0 aromatic carbocycles. The average molecular weight is 741 g/mol. The summed E-state index contributed by atoms with van der Waals surface area (Å²) >= 11 is 0. The summed E-state index contributed by atoms with van der Waals surface area (Å²) in [7, 11) is 1.35. The molecule has 51 heavy (non-hydrogen) atoms. The summed E-state index contributed by atoms with van der Waals surface area (Å²) in [6.07, 6.45) is -13.8. The molecule has 296 valence electrons. The highest BCUT2D eigenvalue weighted by Gasteiger charge is 2.52. The third kappa shape index (κ3) is 12.2. The summed E-state index contributed by atoms with van der Waals surface area (Å²) in [5.74, 6) is -1.41. The van der Waals surface area contributed by atoms with Gasteiger partial charge in [-0.3, -0.25) is 14.4 Å². The van der Waals surface area contributed by atoms with Crippen LogP contribution in [0, 0.1) is 0 Å². The molecule has 3 fully saturated rings. The van der Waals surface area contributed by atoms with Gasteiger partial charge < -0.3 is 79.5 Å².